The quantitative estimate of drug-likeness (QED) is 0.759. The maximum atomic E-state index is 9.10. The first-order valence-corrected chi connectivity index (χ1v) is 6.05. The molecule has 2 heterocycles. The van der Waals surface area contributed by atoms with Crippen molar-refractivity contribution in [2.45, 2.75) is 25.7 Å². The molecule has 2 atom stereocenters. The molecule has 0 aromatic carbocycles. The van der Waals surface area contributed by atoms with Crippen LogP contribution in [0.3, 0.4) is 0 Å². The molecule has 7 heteroatoms. The van der Waals surface area contributed by atoms with Gasteiger partial charge in [-0.05, 0) is 6.92 Å². The first-order valence-electron chi connectivity index (χ1n) is 5.24. The molecule has 1 fully saturated rings. The number of hydrogen-bond donors (Lipinski definition) is 2. The van der Waals surface area contributed by atoms with Crippen molar-refractivity contribution in [3.63, 3.8) is 0 Å². The molecular weight excluding hydrogens is 228 g/mol. The zero-order valence-corrected chi connectivity index (χ0v) is 9.98. The highest BCUT2D eigenvalue weighted by Gasteiger charge is 2.25. The molecule has 1 aromatic heterocycles. The molecule has 0 aliphatic carbocycles. The number of ether oxygens (including phenoxy) is 1. The predicted molar refractivity (Wildman–Crippen MR) is 61.0 cm³/mol. The van der Waals surface area contributed by atoms with Crippen LogP contribution in [-0.2, 0) is 11.3 Å². The van der Waals surface area contributed by atoms with Crippen LogP contribution < -0.4 is 5.73 Å². The van der Waals surface area contributed by atoms with Gasteiger partial charge in [-0.2, -0.15) is 0 Å². The second-order valence-electron chi connectivity index (χ2n) is 3.98. The lowest BCUT2D eigenvalue weighted by Gasteiger charge is -2.35. The average Bonchev–Trinajstić information content (AvgIpc) is 2.63. The molecular formula is C9H16N4O2S. The van der Waals surface area contributed by atoms with Crippen LogP contribution >= 0.6 is 11.3 Å². The summed E-state index contributed by atoms with van der Waals surface area (Å²) in [6.07, 6.45) is 0.0326. The maximum Gasteiger partial charge on any atom is 0.203 e. The van der Waals surface area contributed by atoms with Gasteiger partial charge in [0, 0.05) is 13.1 Å². The van der Waals surface area contributed by atoms with E-state index in [9.17, 15) is 0 Å². The van der Waals surface area contributed by atoms with Crippen LogP contribution in [0.5, 0.6) is 0 Å². The van der Waals surface area contributed by atoms with Crippen LogP contribution in [0.2, 0.25) is 0 Å². The SMILES string of the molecule is CC1CN(Cc2nnc(N)s2)CC(CO)O1. The third kappa shape index (κ3) is 2.88. The van der Waals surface area contributed by atoms with Crippen molar-refractivity contribution < 1.29 is 9.84 Å². The van der Waals surface area contributed by atoms with E-state index in [2.05, 4.69) is 15.1 Å². The van der Waals surface area contributed by atoms with Crippen molar-refractivity contribution in [2.24, 2.45) is 0 Å². The Hall–Kier alpha value is -0.760. The van der Waals surface area contributed by atoms with Gasteiger partial charge in [-0.1, -0.05) is 11.3 Å². The van der Waals surface area contributed by atoms with E-state index in [0.717, 1.165) is 24.6 Å². The van der Waals surface area contributed by atoms with Gasteiger partial charge in [-0.15, -0.1) is 10.2 Å². The fraction of sp³-hybridized carbons (Fsp3) is 0.778. The smallest absolute Gasteiger partial charge is 0.203 e. The Labute approximate surface area is 98.0 Å². The van der Waals surface area contributed by atoms with Gasteiger partial charge in [0.1, 0.15) is 5.01 Å². The Kier molecular flexibility index (Phi) is 3.70. The van der Waals surface area contributed by atoms with Gasteiger partial charge in [0.2, 0.25) is 5.13 Å². The summed E-state index contributed by atoms with van der Waals surface area (Å²) in [5.74, 6) is 0. The number of aliphatic hydroxyl groups excluding tert-OH is 1. The van der Waals surface area contributed by atoms with Gasteiger partial charge < -0.3 is 15.6 Å². The first-order chi connectivity index (χ1) is 7.67. The summed E-state index contributed by atoms with van der Waals surface area (Å²) in [4.78, 5) is 2.20. The van der Waals surface area contributed by atoms with Crippen molar-refractivity contribution in [3.8, 4) is 0 Å². The number of nitrogen functional groups attached to an aromatic ring is 1. The molecule has 0 spiro atoms. The summed E-state index contributed by atoms with van der Waals surface area (Å²) < 4.78 is 5.56. The molecule has 1 saturated heterocycles. The zero-order valence-electron chi connectivity index (χ0n) is 9.17. The van der Waals surface area contributed by atoms with E-state index >= 15 is 0 Å². The number of aromatic nitrogens is 2. The largest absolute Gasteiger partial charge is 0.394 e. The highest BCUT2D eigenvalue weighted by atomic mass is 32.1. The number of hydrogen-bond acceptors (Lipinski definition) is 7. The fourth-order valence-electron chi connectivity index (χ4n) is 1.89. The summed E-state index contributed by atoms with van der Waals surface area (Å²) in [5.41, 5.74) is 5.53. The Morgan fingerprint density at radius 2 is 2.38 bits per heavy atom. The van der Waals surface area contributed by atoms with Crippen LogP contribution in [0.15, 0.2) is 0 Å². The summed E-state index contributed by atoms with van der Waals surface area (Å²) in [6, 6.07) is 0. The monoisotopic (exact) mass is 244 g/mol. The molecule has 0 bridgehead atoms. The van der Waals surface area contributed by atoms with Crippen LogP contribution in [-0.4, -0.2) is 52.1 Å². The normalized spacial score (nSPS) is 27.1. The summed E-state index contributed by atoms with van der Waals surface area (Å²) >= 11 is 1.40. The van der Waals surface area contributed by atoms with E-state index < -0.39 is 0 Å². The molecule has 3 N–H and O–H groups in total. The second kappa shape index (κ2) is 5.05. The number of rotatable bonds is 3. The van der Waals surface area contributed by atoms with E-state index in [1.54, 1.807) is 0 Å². The highest BCUT2D eigenvalue weighted by molar-refractivity contribution is 7.15. The Bertz CT molecular complexity index is 346. The second-order valence-corrected chi connectivity index (χ2v) is 5.07. The van der Waals surface area contributed by atoms with Crippen molar-refractivity contribution >= 4 is 16.5 Å². The Morgan fingerprint density at radius 1 is 1.56 bits per heavy atom. The maximum absolute atomic E-state index is 9.10. The predicted octanol–water partition coefficient (Wildman–Crippen LogP) is -0.298. The minimum atomic E-state index is -0.103. The Balaban J connectivity index is 1.93. The van der Waals surface area contributed by atoms with Crippen LogP contribution in [0.1, 0.15) is 11.9 Å². The number of nitrogens with two attached hydrogens (primary N) is 1. The Morgan fingerprint density at radius 3 is 3.00 bits per heavy atom. The van der Waals surface area contributed by atoms with Gasteiger partial charge in [0.15, 0.2) is 0 Å². The summed E-state index contributed by atoms with van der Waals surface area (Å²) in [6.45, 7) is 4.34. The summed E-state index contributed by atoms with van der Waals surface area (Å²) in [5, 5.41) is 18.3. The van der Waals surface area contributed by atoms with E-state index in [1.807, 2.05) is 6.92 Å². The van der Waals surface area contributed by atoms with Crippen molar-refractivity contribution in [1.29, 1.82) is 0 Å². The minimum absolute atomic E-state index is 0.0547. The lowest BCUT2D eigenvalue weighted by atomic mass is 10.2. The van der Waals surface area contributed by atoms with Gasteiger partial charge in [0.25, 0.3) is 0 Å². The van der Waals surface area contributed by atoms with Gasteiger partial charge in [-0.25, -0.2) is 0 Å². The molecule has 16 heavy (non-hydrogen) atoms. The van der Waals surface area contributed by atoms with E-state index in [-0.39, 0.29) is 18.8 Å². The van der Waals surface area contributed by atoms with Gasteiger partial charge in [-0.3, -0.25) is 4.90 Å². The molecule has 6 nitrogen and oxygen atoms in total. The average molecular weight is 244 g/mol. The van der Waals surface area contributed by atoms with Crippen molar-refractivity contribution in [3.05, 3.63) is 5.01 Å². The number of nitrogens with zero attached hydrogens (tertiary/aromatic N) is 3. The molecule has 2 rings (SSSR count). The van der Waals surface area contributed by atoms with E-state index in [0.29, 0.717) is 5.13 Å². The highest BCUT2D eigenvalue weighted by Crippen LogP contribution is 2.17. The molecule has 0 saturated carbocycles. The fourth-order valence-corrected chi connectivity index (χ4v) is 2.54. The van der Waals surface area contributed by atoms with Crippen LogP contribution in [0.4, 0.5) is 5.13 Å². The van der Waals surface area contributed by atoms with Crippen molar-refractivity contribution in [1.82, 2.24) is 15.1 Å². The molecule has 2 unspecified atom stereocenters. The van der Waals surface area contributed by atoms with Crippen molar-refractivity contribution in [2.75, 3.05) is 25.4 Å². The third-order valence-corrected chi connectivity index (χ3v) is 3.18. The van der Waals surface area contributed by atoms with E-state index in [4.69, 9.17) is 15.6 Å². The number of morpholine rings is 1. The third-order valence-electron chi connectivity index (χ3n) is 2.45. The minimum Gasteiger partial charge on any atom is -0.394 e. The van der Waals surface area contributed by atoms with Crippen LogP contribution in [0, 0.1) is 0 Å². The topological polar surface area (TPSA) is 84.5 Å². The lowest BCUT2D eigenvalue weighted by molar-refractivity contribution is -0.0972. The van der Waals surface area contributed by atoms with Crippen LogP contribution in [0.25, 0.3) is 0 Å². The molecule has 0 amide bonds. The summed E-state index contributed by atoms with van der Waals surface area (Å²) in [7, 11) is 0. The van der Waals surface area contributed by atoms with E-state index in [1.165, 1.54) is 11.3 Å². The van der Waals surface area contributed by atoms with Gasteiger partial charge >= 0.3 is 0 Å². The molecule has 1 aromatic rings. The standard InChI is InChI=1S/C9H16N4O2S/c1-6-2-13(3-7(5-14)15-6)4-8-11-12-9(10)16-8/h6-7,14H,2-5H2,1H3,(H2,10,12). The number of aliphatic hydroxyl groups is 1. The molecule has 0 radical (unpaired) electrons. The molecule has 90 valence electrons. The lowest BCUT2D eigenvalue weighted by Crippen LogP contribution is -2.47. The molecule has 1 aliphatic rings. The number of anilines is 1. The molecule has 1 aliphatic heterocycles. The van der Waals surface area contributed by atoms with Gasteiger partial charge in [0.05, 0.1) is 25.4 Å². The first kappa shape index (κ1) is 11.7. The zero-order chi connectivity index (χ0) is 11.5.